The lowest BCUT2D eigenvalue weighted by atomic mass is 9.87. The zero-order chi connectivity index (χ0) is 19.8. The molecular weight excluding hydrogens is 358 g/mol. The number of benzene rings is 1. The molecule has 0 bridgehead atoms. The molecule has 28 heavy (non-hydrogen) atoms. The standard InChI is InChI=1S/C21H27N3O4/c1-12(26)24-16-9-5-4-8-14(16)22-19-15(11-25)23-21(27)18(19)20(24)13-7-3-6-10-17(13)28-2/h3,6-7,10,14,16,20,22-23,25,27H,4-5,8-9,11H2,1-2H3. The van der Waals surface area contributed by atoms with Gasteiger partial charge in [-0.15, -0.1) is 0 Å². The minimum Gasteiger partial charge on any atom is -0.496 e. The van der Waals surface area contributed by atoms with Crippen molar-refractivity contribution >= 4 is 11.6 Å². The first-order valence-electron chi connectivity index (χ1n) is 9.79. The number of H-pyrrole nitrogens is 1. The van der Waals surface area contributed by atoms with Crippen LogP contribution < -0.4 is 10.1 Å². The van der Waals surface area contributed by atoms with Crippen LogP contribution in [-0.2, 0) is 11.4 Å². The third-order valence-electron chi connectivity index (χ3n) is 6.02. The molecule has 1 aromatic carbocycles. The van der Waals surface area contributed by atoms with Crippen LogP contribution in [-0.4, -0.2) is 45.2 Å². The lowest BCUT2D eigenvalue weighted by Crippen LogP contribution is -2.50. The minimum atomic E-state index is -0.513. The van der Waals surface area contributed by atoms with Crippen molar-refractivity contribution in [2.75, 3.05) is 12.4 Å². The number of anilines is 1. The molecule has 2 aromatic rings. The van der Waals surface area contributed by atoms with Crippen LogP contribution in [0.2, 0.25) is 0 Å². The lowest BCUT2D eigenvalue weighted by molar-refractivity contribution is -0.134. The summed E-state index contributed by atoms with van der Waals surface area (Å²) in [5, 5.41) is 24.2. The number of carbonyl (C=O) groups is 1. The Morgan fingerprint density at radius 2 is 2.04 bits per heavy atom. The molecule has 1 aliphatic carbocycles. The molecule has 2 aliphatic rings. The summed E-state index contributed by atoms with van der Waals surface area (Å²) in [5.41, 5.74) is 2.62. The van der Waals surface area contributed by atoms with Crippen molar-refractivity contribution in [3.05, 3.63) is 41.1 Å². The van der Waals surface area contributed by atoms with Crippen molar-refractivity contribution in [3.8, 4) is 11.6 Å². The first-order valence-corrected chi connectivity index (χ1v) is 9.79. The van der Waals surface area contributed by atoms with E-state index in [1.807, 2.05) is 29.2 Å². The highest BCUT2D eigenvalue weighted by molar-refractivity contribution is 5.78. The van der Waals surface area contributed by atoms with Crippen LogP contribution in [0.25, 0.3) is 0 Å². The van der Waals surface area contributed by atoms with Gasteiger partial charge in [-0.05, 0) is 18.9 Å². The second kappa shape index (κ2) is 7.39. The summed E-state index contributed by atoms with van der Waals surface area (Å²) in [6.07, 6.45) is 3.97. The third-order valence-corrected chi connectivity index (χ3v) is 6.02. The van der Waals surface area contributed by atoms with Crippen LogP contribution in [0, 0.1) is 0 Å². The van der Waals surface area contributed by atoms with Crippen LogP contribution in [0.5, 0.6) is 11.6 Å². The molecule has 7 heteroatoms. The predicted octanol–water partition coefficient (Wildman–Crippen LogP) is 2.90. The molecule has 1 saturated carbocycles. The second-order valence-electron chi connectivity index (χ2n) is 7.57. The summed E-state index contributed by atoms with van der Waals surface area (Å²) in [7, 11) is 1.60. The van der Waals surface area contributed by atoms with E-state index >= 15 is 0 Å². The number of aromatic hydroxyl groups is 1. The van der Waals surface area contributed by atoms with Crippen molar-refractivity contribution in [2.24, 2.45) is 0 Å². The summed E-state index contributed by atoms with van der Waals surface area (Å²) in [6, 6.07) is 7.13. The first kappa shape index (κ1) is 18.7. The Hall–Kier alpha value is -2.67. The van der Waals surface area contributed by atoms with E-state index in [-0.39, 0.29) is 30.5 Å². The molecule has 0 saturated heterocycles. The SMILES string of the molecule is COc1ccccc1C1c2c(O)[nH]c(CO)c2NC2CCCCC2N1C(C)=O. The minimum absolute atomic E-state index is 0.000458. The van der Waals surface area contributed by atoms with Crippen LogP contribution >= 0.6 is 0 Å². The number of ether oxygens (including phenoxy) is 1. The van der Waals surface area contributed by atoms with Gasteiger partial charge in [0.2, 0.25) is 5.91 Å². The first-order chi connectivity index (χ1) is 13.6. The summed E-state index contributed by atoms with van der Waals surface area (Å²) in [4.78, 5) is 17.7. The number of aromatic nitrogens is 1. The monoisotopic (exact) mass is 385 g/mol. The van der Waals surface area contributed by atoms with Gasteiger partial charge in [0.1, 0.15) is 5.75 Å². The number of aliphatic hydroxyl groups is 1. The molecule has 1 aromatic heterocycles. The highest BCUT2D eigenvalue weighted by Gasteiger charge is 2.44. The third kappa shape index (κ3) is 2.90. The van der Waals surface area contributed by atoms with Crippen molar-refractivity contribution in [2.45, 2.75) is 57.3 Å². The van der Waals surface area contributed by atoms with Crippen molar-refractivity contribution in [1.82, 2.24) is 9.88 Å². The molecule has 0 radical (unpaired) electrons. The predicted molar refractivity (Wildman–Crippen MR) is 105 cm³/mol. The van der Waals surface area contributed by atoms with E-state index in [1.165, 1.54) is 0 Å². The van der Waals surface area contributed by atoms with Crippen LogP contribution in [0.1, 0.15) is 55.5 Å². The van der Waals surface area contributed by atoms with Gasteiger partial charge in [0.25, 0.3) is 0 Å². The molecule has 1 fully saturated rings. The molecule has 4 rings (SSSR count). The lowest BCUT2D eigenvalue weighted by Gasteiger charge is -2.41. The number of para-hydroxylation sites is 1. The maximum Gasteiger partial charge on any atom is 0.220 e. The maximum atomic E-state index is 12.9. The Balaban J connectivity index is 1.99. The average Bonchev–Trinajstić information content (AvgIpc) is 2.92. The van der Waals surface area contributed by atoms with Gasteiger partial charge in [-0.3, -0.25) is 4.79 Å². The Labute approximate surface area is 164 Å². The Bertz CT molecular complexity index is 879. The van der Waals surface area contributed by atoms with Gasteiger partial charge in [-0.1, -0.05) is 31.0 Å². The molecular formula is C21H27N3O4. The number of amides is 1. The molecule has 0 spiro atoms. The quantitative estimate of drug-likeness (QED) is 0.651. The Morgan fingerprint density at radius 3 is 2.75 bits per heavy atom. The summed E-state index contributed by atoms with van der Waals surface area (Å²) < 4.78 is 5.59. The van der Waals surface area contributed by atoms with E-state index in [1.54, 1.807) is 14.0 Å². The van der Waals surface area contributed by atoms with Crippen molar-refractivity contribution in [1.29, 1.82) is 0 Å². The smallest absolute Gasteiger partial charge is 0.220 e. The second-order valence-corrected chi connectivity index (χ2v) is 7.57. The number of aliphatic hydroxyl groups excluding tert-OH is 1. The fourth-order valence-corrected chi connectivity index (χ4v) is 4.84. The van der Waals surface area contributed by atoms with E-state index < -0.39 is 6.04 Å². The number of fused-ring (bicyclic) bond motifs is 2. The van der Waals surface area contributed by atoms with E-state index in [9.17, 15) is 15.0 Å². The maximum absolute atomic E-state index is 12.9. The number of methoxy groups -OCH3 is 1. The van der Waals surface area contributed by atoms with Crippen molar-refractivity contribution in [3.63, 3.8) is 0 Å². The highest BCUT2D eigenvalue weighted by atomic mass is 16.5. The Kier molecular flexibility index (Phi) is 4.93. The Morgan fingerprint density at radius 1 is 1.29 bits per heavy atom. The molecule has 150 valence electrons. The zero-order valence-electron chi connectivity index (χ0n) is 16.2. The van der Waals surface area contributed by atoms with E-state index in [2.05, 4.69) is 10.3 Å². The summed E-state index contributed by atoms with van der Waals surface area (Å²) >= 11 is 0. The summed E-state index contributed by atoms with van der Waals surface area (Å²) in [6.45, 7) is 1.35. The number of rotatable bonds is 3. The average molecular weight is 385 g/mol. The van der Waals surface area contributed by atoms with Crippen molar-refractivity contribution < 1.29 is 19.7 Å². The molecule has 3 unspecified atom stereocenters. The fourth-order valence-electron chi connectivity index (χ4n) is 4.84. The zero-order valence-corrected chi connectivity index (χ0v) is 16.2. The molecule has 4 N–H and O–H groups in total. The van der Waals surface area contributed by atoms with Crippen LogP contribution in [0.15, 0.2) is 24.3 Å². The van der Waals surface area contributed by atoms with Gasteiger partial charge in [-0.25, -0.2) is 0 Å². The van der Waals surface area contributed by atoms with Gasteiger partial charge in [-0.2, -0.15) is 0 Å². The van der Waals surface area contributed by atoms with Crippen LogP contribution in [0.4, 0.5) is 5.69 Å². The molecule has 1 amide bonds. The van der Waals surface area contributed by atoms with Crippen LogP contribution in [0.3, 0.4) is 0 Å². The number of hydrogen-bond donors (Lipinski definition) is 4. The largest absolute Gasteiger partial charge is 0.496 e. The van der Waals surface area contributed by atoms with Gasteiger partial charge in [0.15, 0.2) is 5.88 Å². The molecule has 7 nitrogen and oxygen atoms in total. The van der Waals surface area contributed by atoms with E-state index in [0.717, 1.165) is 31.2 Å². The van der Waals surface area contributed by atoms with E-state index in [4.69, 9.17) is 4.74 Å². The molecule has 1 aliphatic heterocycles. The highest BCUT2D eigenvalue weighted by Crippen LogP contribution is 2.48. The number of nitrogens with one attached hydrogen (secondary N) is 2. The number of hydrogen-bond acceptors (Lipinski definition) is 5. The topological polar surface area (TPSA) is 97.8 Å². The number of carbonyl (C=O) groups excluding carboxylic acids is 1. The number of aromatic amines is 1. The van der Waals surface area contributed by atoms with E-state index in [0.29, 0.717) is 22.7 Å². The van der Waals surface area contributed by atoms with Gasteiger partial charge >= 0.3 is 0 Å². The number of nitrogens with zero attached hydrogens (tertiary/aromatic N) is 1. The summed E-state index contributed by atoms with van der Waals surface area (Å²) in [5.74, 6) is 0.575. The molecule has 3 atom stereocenters. The van der Waals surface area contributed by atoms with Gasteiger partial charge < -0.3 is 30.2 Å². The molecule has 2 heterocycles. The van der Waals surface area contributed by atoms with Gasteiger partial charge in [0, 0.05) is 18.5 Å². The van der Waals surface area contributed by atoms with Gasteiger partial charge in [0.05, 0.1) is 42.7 Å². The fraction of sp³-hybridized carbons (Fsp3) is 0.476. The normalized spacial score (nSPS) is 24.0.